The highest BCUT2D eigenvalue weighted by atomic mass is 16.5. The van der Waals surface area contributed by atoms with Crippen LogP contribution in [0.2, 0.25) is 0 Å². The highest BCUT2D eigenvalue weighted by molar-refractivity contribution is 5.90. The number of nitriles is 1. The number of carbonyl (C=O) groups excluding carboxylic acids is 2. The Bertz CT molecular complexity index is 968. The van der Waals surface area contributed by atoms with Crippen LogP contribution in [0.5, 0.6) is 0 Å². The number of hydrogen-bond donors (Lipinski definition) is 0. The monoisotopic (exact) mass is 420 g/mol. The molecule has 0 aliphatic heterocycles. The van der Waals surface area contributed by atoms with Crippen molar-refractivity contribution in [3.63, 3.8) is 0 Å². The minimum atomic E-state index is -0.963. The van der Waals surface area contributed by atoms with Crippen molar-refractivity contribution in [1.29, 1.82) is 5.26 Å². The maximum Gasteiger partial charge on any atom is 0.331 e. The van der Waals surface area contributed by atoms with Crippen LogP contribution in [0.15, 0.2) is 48.8 Å². The zero-order valence-electron chi connectivity index (χ0n) is 18.0. The molecule has 1 atom stereocenters. The van der Waals surface area contributed by atoms with Crippen LogP contribution in [0.4, 0.5) is 0 Å². The van der Waals surface area contributed by atoms with Gasteiger partial charge in [0.15, 0.2) is 6.10 Å². The zero-order chi connectivity index (χ0) is 22.3. The first kappa shape index (κ1) is 22.3. The molecule has 1 aliphatic rings. The van der Waals surface area contributed by atoms with Gasteiger partial charge in [-0.3, -0.25) is 9.48 Å². The number of ether oxygens (including phenoxy) is 1. The maximum atomic E-state index is 12.8. The smallest absolute Gasteiger partial charge is 0.331 e. The van der Waals surface area contributed by atoms with Crippen molar-refractivity contribution in [2.45, 2.75) is 57.2 Å². The summed E-state index contributed by atoms with van der Waals surface area (Å²) >= 11 is 0. The molecule has 0 bridgehead atoms. The second-order valence-corrected chi connectivity index (χ2v) is 7.97. The Morgan fingerprint density at radius 1 is 1.29 bits per heavy atom. The van der Waals surface area contributed by atoms with E-state index in [1.807, 2.05) is 36.5 Å². The van der Waals surface area contributed by atoms with Gasteiger partial charge >= 0.3 is 5.97 Å². The number of nitrogens with zero attached hydrogens (tertiary/aromatic N) is 4. The number of benzene rings is 1. The number of hydrogen-bond acceptors (Lipinski definition) is 5. The van der Waals surface area contributed by atoms with Gasteiger partial charge in [0.05, 0.1) is 18.8 Å². The largest absolute Gasteiger partial charge is 0.449 e. The normalized spacial score (nSPS) is 16.4. The topological polar surface area (TPSA) is 88.2 Å². The number of likely N-dealkylation sites (N-methyl/N-ethyl adjacent to an activating group) is 1. The highest BCUT2D eigenvalue weighted by Crippen LogP contribution is 2.32. The van der Waals surface area contributed by atoms with Gasteiger partial charge in [0, 0.05) is 24.9 Å². The van der Waals surface area contributed by atoms with E-state index < -0.39 is 17.6 Å². The molecule has 31 heavy (non-hydrogen) atoms. The molecule has 0 unspecified atom stereocenters. The summed E-state index contributed by atoms with van der Waals surface area (Å²) in [4.78, 5) is 26.4. The van der Waals surface area contributed by atoms with Gasteiger partial charge in [0.25, 0.3) is 5.91 Å². The van der Waals surface area contributed by atoms with Crippen molar-refractivity contribution in [3.05, 3.63) is 59.9 Å². The van der Waals surface area contributed by atoms with Crippen molar-refractivity contribution >= 4 is 18.0 Å². The van der Waals surface area contributed by atoms with Gasteiger partial charge in [-0.1, -0.05) is 49.6 Å². The van der Waals surface area contributed by atoms with Crippen LogP contribution in [0.3, 0.4) is 0 Å². The first-order valence-electron chi connectivity index (χ1n) is 10.6. The van der Waals surface area contributed by atoms with Crippen LogP contribution in [0.1, 0.15) is 50.2 Å². The number of rotatable bonds is 7. The third-order valence-corrected chi connectivity index (χ3v) is 5.75. The van der Waals surface area contributed by atoms with Gasteiger partial charge in [-0.15, -0.1) is 0 Å². The Kier molecular flexibility index (Phi) is 7.24. The molecule has 7 nitrogen and oxygen atoms in total. The molecule has 0 saturated heterocycles. The fourth-order valence-corrected chi connectivity index (χ4v) is 3.89. The lowest BCUT2D eigenvalue weighted by Crippen LogP contribution is -2.53. The van der Waals surface area contributed by atoms with E-state index in [0.717, 1.165) is 30.4 Å². The zero-order valence-corrected chi connectivity index (χ0v) is 18.0. The summed E-state index contributed by atoms with van der Waals surface area (Å²) in [6, 6.07) is 12.3. The summed E-state index contributed by atoms with van der Waals surface area (Å²) in [5, 5.41) is 14.0. The molecule has 1 aliphatic carbocycles. The van der Waals surface area contributed by atoms with E-state index in [2.05, 4.69) is 11.2 Å². The number of carbonyl (C=O) groups is 2. The van der Waals surface area contributed by atoms with E-state index >= 15 is 0 Å². The molecular weight excluding hydrogens is 392 g/mol. The first-order valence-corrected chi connectivity index (χ1v) is 10.6. The predicted octanol–water partition coefficient (Wildman–Crippen LogP) is 3.56. The molecule has 1 aromatic heterocycles. The molecule has 1 fully saturated rings. The summed E-state index contributed by atoms with van der Waals surface area (Å²) in [5.74, 6) is -0.972. The Balaban J connectivity index is 1.54. The second kappa shape index (κ2) is 10.1. The quantitative estimate of drug-likeness (QED) is 0.505. The fraction of sp³-hybridized carbons (Fsp3) is 0.417. The molecule has 1 saturated carbocycles. The van der Waals surface area contributed by atoms with Gasteiger partial charge in [-0.2, -0.15) is 10.4 Å². The van der Waals surface area contributed by atoms with Crippen LogP contribution in [-0.2, 0) is 20.9 Å². The highest BCUT2D eigenvalue weighted by Gasteiger charge is 2.40. The van der Waals surface area contributed by atoms with Crippen LogP contribution < -0.4 is 0 Å². The standard InChI is InChI=1S/C24H28N4O3/c1-19(23(30)27(2)24(18-25)13-7-4-8-14-24)31-22(29)12-11-21-15-26-28(17-21)16-20-9-5-3-6-10-20/h3,5-6,9-12,15,17,19H,4,7-8,13-14,16H2,1-2H3/b12-11+/t19-/m0/s1. The van der Waals surface area contributed by atoms with Crippen molar-refractivity contribution in [3.8, 4) is 6.07 Å². The summed E-state index contributed by atoms with van der Waals surface area (Å²) in [6.45, 7) is 2.17. The van der Waals surface area contributed by atoms with E-state index in [0.29, 0.717) is 19.4 Å². The Labute approximate surface area is 182 Å². The number of esters is 1. The van der Waals surface area contributed by atoms with Crippen molar-refractivity contribution in [2.24, 2.45) is 0 Å². The Hall–Kier alpha value is -3.40. The second-order valence-electron chi connectivity index (χ2n) is 7.97. The molecule has 162 valence electrons. The molecule has 7 heteroatoms. The third kappa shape index (κ3) is 5.60. The van der Waals surface area contributed by atoms with E-state index in [1.54, 1.807) is 24.0 Å². The van der Waals surface area contributed by atoms with Gasteiger partial charge < -0.3 is 9.64 Å². The first-order chi connectivity index (χ1) is 14.9. The SMILES string of the molecule is C[C@H](OC(=O)/C=C/c1cnn(Cc2ccccc2)c1)C(=O)N(C)C1(C#N)CCCCC1. The predicted molar refractivity (Wildman–Crippen MR) is 117 cm³/mol. The minimum absolute atomic E-state index is 0.360. The van der Waals surface area contributed by atoms with Crippen molar-refractivity contribution < 1.29 is 14.3 Å². The van der Waals surface area contributed by atoms with E-state index in [4.69, 9.17) is 4.74 Å². The minimum Gasteiger partial charge on any atom is -0.449 e. The van der Waals surface area contributed by atoms with Crippen LogP contribution >= 0.6 is 0 Å². The van der Waals surface area contributed by atoms with E-state index in [9.17, 15) is 14.9 Å². The van der Waals surface area contributed by atoms with Gasteiger partial charge in [-0.05, 0) is 31.4 Å². The molecule has 3 rings (SSSR count). The number of amides is 1. The Morgan fingerprint density at radius 3 is 2.68 bits per heavy atom. The summed E-state index contributed by atoms with van der Waals surface area (Å²) in [6.07, 6.45) is 9.63. The van der Waals surface area contributed by atoms with Crippen molar-refractivity contribution in [2.75, 3.05) is 7.05 Å². The third-order valence-electron chi connectivity index (χ3n) is 5.75. The van der Waals surface area contributed by atoms with Crippen molar-refractivity contribution in [1.82, 2.24) is 14.7 Å². The molecule has 0 spiro atoms. The lowest BCUT2D eigenvalue weighted by atomic mass is 9.81. The fourth-order valence-electron chi connectivity index (χ4n) is 3.89. The maximum absolute atomic E-state index is 12.8. The number of aromatic nitrogens is 2. The molecule has 1 aromatic carbocycles. The average Bonchev–Trinajstić information content (AvgIpc) is 3.25. The summed E-state index contributed by atoms with van der Waals surface area (Å²) in [7, 11) is 1.62. The lowest BCUT2D eigenvalue weighted by Gasteiger charge is -2.39. The molecule has 0 radical (unpaired) electrons. The average molecular weight is 421 g/mol. The molecule has 2 aromatic rings. The molecular formula is C24H28N4O3. The summed E-state index contributed by atoms with van der Waals surface area (Å²) < 4.78 is 7.07. The summed E-state index contributed by atoms with van der Waals surface area (Å²) in [5.41, 5.74) is 1.08. The molecule has 1 amide bonds. The van der Waals surface area contributed by atoms with Gasteiger partial charge in [-0.25, -0.2) is 4.79 Å². The van der Waals surface area contributed by atoms with Crippen LogP contribution in [-0.4, -0.2) is 45.2 Å². The Morgan fingerprint density at radius 2 is 2.00 bits per heavy atom. The molecule has 1 heterocycles. The van der Waals surface area contributed by atoms with Gasteiger partial charge in [0.1, 0.15) is 5.54 Å². The van der Waals surface area contributed by atoms with E-state index in [-0.39, 0.29) is 5.91 Å². The molecule has 0 N–H and O–H groups in total. The van der Waals surface area contributed by atoms with Gasteiger partial charge in [0.2, 0.25) is 0 Å². The van der Waals surface area contributed by atoms with Crippen LogP contribution in [0, 0.1) is 11.3 Å². The van der Waals surface area contributed by atoms with Crippen LogP contribution in [0.25, 0.3) is 6.08 Å². The van der Waals surface area contributed by atoms with E-state index in [1.165, 1.54) is 17.9 Å². The lowest BCUT2D eigenvalue weighted by molar-refractivity contribution is -0.157.